The average molecular weight is 277 g/mol. The summed E-state index contributed by atoms with van der Waals surface area (Å²) in [5, 5.41) is 12.7. The molecule has 2 N–H and O–H groups in total. The van der Waals surface area contributed by atoms with E-state index >= 15 is 0 Å². The standard InChI is InChI=1S/C13H15N3O2S/c1-7-2-3-8-9(4-7)19-13-11(8)12(15-6-16-13)14-5-10(17)18/h6-7H,2-5H2,1H3,(H,17,18)(H,14,15,16)/t7-/m0/s1. The number of aromatic nitrogens is 2. The maximum absolute atomic E-state index is 10.7. The highest BCUT2D eigenvalue weighted by Crippen LogP contribution is 2.39. The first-order valence-corrected chi connectivity index (χ1v) is 7.17. The van der Waals surface area contributed by atoms with Crippen molar-refractivity contribution in [3.05, 3.63) is 16.8 Å². The van der Waals surface area contributed by atoms with E-state index < -0.39 is 5.97 Å². The third-order valence-electron chi connectivity index (χ3n) is 3.50. The molecule has 5 nitrogen and oxygen atoms in total. The molecule has 2 aromatic rings. The number of rotatable bonds is 3. The molecule has 6 heteroatoms. The lowest BCUT2D eigenvalue weighted by molar-refractivity contribution is -0.134. The van der Waals surface area contributed by atoms with E-state index in [1.807, 2.05) is 0 Å². The molecule has 0 radical (unpaired) electrons. The molecule has 1 atom stereocenters. The van der Waals surface area contributed by atoms with Gasteiger partial charge >= 0.3 is 5.97 Å². The van der Waals surface area contributed by atoms with Crippen LogP contribution in [0.25, 0.3) is 10.2 Å². The molecule has 0 aromatic carbocycles. The summed E-state index contributed by atoms with van der Waals surface area (Å²) in [4.78, 5) is 21.5. The van der Waals surface area contributed by atoms with E-state index in [0.717, 1.165) is 23.1 Å². The van der Waals surface area contributed by atoms with Crippen molar-refractivity contribution in [3.8, 4) is 0 Å². The minimum Gasteiger partial charge on any atom is -0.480 e. The second-order valence-electron chi connectivity index (χ2n) is 5.00. The first kappa shape index (κ1) is 12.3. The van der Waals surface area contributed by atoms with Crippen LogP contribution in [-0.4, -0.2) is 27.6 Å². The fourth-order valence-electron chi connectivity index (χ4n) is 2.57. The van der Waals surface area contributed by atoms with Crippen LogP contribution in [0, 0.1) is 5.92 Å². The summed E-state index contributed by atoms with van der Waals surface area (Å²) in [5.74, 6) is 0.480. The largest absolute Gasteiger partial charge is 0.480 e. The zero-order valence-corrected chi connectivity index (χ0v) is 11.5. The molecule has 0 saturated heterocycles. The van der Waals surface area contributed by atoms with Gasteiger partial charge in [0.2, 0.25) is 0 Å². The van der Waals surface area contributed by atoms with Crippen LogP contribution in [0.15, 0.2) is 6.33 Å². The van der Waals surface area contributed by atoms with Gasteiger partial charge in [-0.05, 0) is 30.7 Å². The molecular formula is C13H15N3O2S. The van der Waals surface area contributed by atoms with Gasteiger partial charge < -0.3 is 10.4 Å². The van der Waals surface area contributed by atoms with Gasteiger partial charge in [0.15, 0.2) is 0 Å². The van der Waals surface area contributed by atoms with E-state index in [1.54, 1.807) is 11.3 Å². The molecule has 0 bridgehead atoms. The third kappa shape index (κ3) is 2.28. The molecule has 0 fully saturated rings. The Morgan fingerprint density at radius 2 is 2.42 bits per heavy atom. The zero-order valence-electron chi connectivity index (χ0n) is 10.6. The quantitative estimate of drug-likeness (QED) is 0.900. The molecule has 1 aliphatic carbocycles. The van der Waals surface area contributed by atoms with Gasteiger partial charge in [-0.3, -0.25) is 4.79 Å². The van der Waals surface area contributed by atoms with Crippen LogP contribution in [0.2, 0.25) is 0 Å². The Hall–Kier alpha value is -1.69. The second kappa shape index (κ2) is 4.77. The van der Waals surface area contributed by atoms with E-state index in [0.29, 0.717) is 11.7 Å². The molecule has 2 aromatic heterocycles. The molecule has 0 spiro atoms. The number of carboxylic acids is 1. The Morgan fingerprint density at radius 1 is 1.58 bits per heavy atom. The highest BCUT2D eigenvalue weighted by atomic mass is 32.1. The number of nitrogens with one attached hydrogen (secondary N) is 1. The zero-order chi connectivity index (χ0) is 13.4. The summed E-state index contributed by atoms with van der Waals surface area (Å²) in [5.41, 5.74) is 1.31. The number of nitrogens with zero attached hydrogens (tertiary/aromatic N) is 2. The first-order chi connectivity index (χ1) is 9.15. The normalized spacial score (nSPS) is 18.3. The van der Waals surface area contributed by atoms with Crippen molar-refractivity contribution in [1.82, 2.24) is 9.97 Å². The van der Waals surface area contributed by atoms with Crippen LogP contribution >= 0.6 is 11.3 Å². The number of hydrogen-bond acceptors (Lipinski definition) is 5. The minimum absolute atomic E-state index is 0.118. The summed E-state index contributed by atoms with van der Waals surface area (Å²) in [6.07, 6.45) is 4.80. The first-order valence-electron chi connectivity index (χ1n) is 6.36. The summed E-state index contributed by atoms with van der Waals surface area (Å²) < 4.78 is 0. The highest BCUT2D eigenvalue weighted by molar-refractivity contribution is 7.19. The number of anilines is 1. The van der Waals surface area contributed by atoms with Gasteiger partial charge in [-0.1, -0.05) is 6.92 Å². The van der Waals surface area contributed by atoms with Crippen LogP contribution in [0.5, 0.6) is 0 Å². The van der Waals surface area contributed by atoms with Crippen LogP contribution in [-0.2, 0) is 17.6 Å². The number of aryl methyl sites for hydroxylation is 1. The van der Waals surface area contributed by atoms with Gasteiger partial charge in [0.25, 0.3) is 0 Å². The number of hydrogen-bond donors (Lipinski definition) is 2. The van der Waals surface area contributed by atoms with Crippen molar-refractivity contribution in [2.75, 3.05) is 11.9 Å². The van der Waals surface area contributed by atoms with Gasteiger partial charge in [-0.15, -0.1) is 11.3 Å². The lowest BCUT2D eigenvalue weighted by Gasteiger charge is -2.18. The van der Waals surface area contributed by atoms with Gasteiger partial charge in [0.05, 0.1) is 5.39 Å². The molecule has 100 valence electrons. The Morgan fingerprint density at radius 3 is 3.21 bits per heavy atom. The van der Waals surface area contributed by atoms with Gasteiger partial charge in [0, 0.05) is 4.88 Å². The molecule has 19 heavy (non-hydrogen) atoms. The van der Waals surface area contributed by atoms with Crippen molar-refractivity contribution in [3.63, 3.8) is 0 Å². The summed E-state index contributed by atoms with van der Waals surface area (Å²) in [6, 6.07) is 0. The second-order valence-corrected chi connectivity index (χ2v) is 6.09. The molecule has 2 heterocycles. The highest BCUT2D eigenvalue weighted by Gasteiger charge is 2.23. The Balaban J connectivity index is 2.06. The lowest BCUT2D eigenvalue weighted by Crippen LogP contribution is -2.14. The number of thiophene rings is 1. The topological polar surface area (TPSA) is 75.1 Å². The van der Waals surface area contributed by atoms with Gasteiger partial charge in [-0.25, -0.2) is 9.97 Å². The molecule has 0 unspecified atom stereocenters. The van der Waals surface area contributed by atoms with Crippen LogP contribution < -0.4 is 5.32 Å². The molecule has 0 aliphatic heterocycles. The smallest absolute Gasteiger partial charge is 0.322 e. The Kier molecular flexibility index (Phi) is 3.10. The van der Waals surface area contributed by atoms with Crippen molar-refractivity contribution in [1.29, 1.82) is 0 Å². The van der Waals surface area contributed by atoms with Crippen LogP contribution in [0.4, 0.5) is 5.82 Å². The minimum atomic E-state index is -0.885. The molecule has 0 amide bonds. The fourth-order valence-corrected chi connectivity index (χ4v) is 3.92. The Bertz CT molecular complexity index is 638. The molecule has 1 aliphatic rings. The molecule has 0 saturated carbocycles. The van der Waals surface area contributed by atoms with Crippen LogP contribution in [0.1, 0.15) is 23.8 Å². The predicted molar refractivity (Wildman–Crippen MR) is 74.7 cm³/mol. The maximum atomic E-state index is 10.7. The summed E-state index contributed by atoms with van der Waals surface area (Å²) in [6.45, 7) is 2.15. The van der Waals surface area contributed by atoms with Crippen LogP contribution in [0.3, 0.4) is 0 Å². The van der Waals surface area contributed by atoms with E-state index in [9.17, 15) is 4.79 Å². The van der Waals surface area contributed by atoms with E-state index in [4.69, 9.17) is 5.11 Å². The van der Waals surface area contributed by atoms with Crippen molar-refractivity contribution in [2.24, 2.45) is 5.92 Å². The Labute approximate surface area is 114 Å². The molecule has 3 rings (SSSR count). The van der Waals surface area contributed by atoms with Gasteiger partial charge in [0.1, 0.15) is 23.5 Å². The SMILES string of the molecule is C[C@H]1CCc2c(sc3ncnc(NCC(=O)O)c23)C1. The number of carbonyl (C=O) groups is 1. The van der Waals surface area contributed by atoms with E-state index in [2.05, 4.69) is 22.2 Å². The fraction of sp³-hybridized carbons (Fsp3) is 0.462. The predicted octanol–water partition coefficient (Wildman–Crippen LogP) is 2.31. The van der Waals surface area contributed by atoms with Gasteiger partial charge in [-0.2, -0.15) is 0 Å². The average Bonchev–Trinajstić information content (AvgIpc) is 2.73. The monoisotopic (exact) mass is 277 g/mol. The van der Waals surface area contributed by atoms with Crippen molar-refractivity contribution in [2.45, 2.75) is 26.2 Å². The lowest BCUT2D eigenvalue weighted by atomic mass is 9.89. The summed E-state index contributed by atoms with van der Waals surface area (Å²) in [7, 11) is 0. The molecular weight excluding hydrogens is 262 g/mol. The maximum Gasteiger partial charge on any atom is 0.322 e. The van der Waals surface area contributed by atoms with E-state index in [-0.39, 0.29) is 6.54 Å². The van der Waals surface area contributed by atoms with Crippen molar-refractivity contribution < 1.29 is 9.90 Å². The number of aliphatic carboxylic acids is 1. The summed E-state index contributed by atoms with van der Waals surface area (Å²) >= 11 is 1.71. The van der Waals surface area contributed by atoms with Crippen molar-refractivity contribution >= 4 is 33.3 Å². The van der Waals surface area contributed by atoms with E-state index in [1.165, 1.54) is 23.2 Å². The third-order valence-corrected chi connectivity index (χ3v) is 4.66. The number of carboxylic acid groups (broad SMARTS) is 1. The number of fused-ring (bicyclic) bond motifs is 3.